The molecule has 2 rings (SSSR count). The molecule has 1 aromatic heterocycles. The van der Waals surface area contributed by atoms with Crippen LogP contribution in [0.1, 0.15) is 24.6 Å². The third-order valence-corrected chi connectivity index (χ3v) is 6.80. The smallest absolute Gasteiger partial charge is 0.250 e. The number of ether oxygens (including phenoxy) is 1. The Bertz CT molecular complexity index is 670. The van der Waals surface area contributed by atoms with E-state index in [0.717, 1.165) is 24.3 Å². The van der Waals surface area contributed by atoms with Crippen LogP contribution >= 0.6 is 35.3 Å². The van der Waals surface area contributed by atoms with Crippen molar-refractivity contribution in [3.8, 4) is 0 Å². The molecule has 0 bridgehead atoms. The number of nitrogens with one attached hydrogen (secondary N) is 3. The number of aryl methyl sites for hydroxylation is 1. The Labute approximate surface area is 171 Å². The van der Waals surface area contributed by atoms with Crippen LogP contribution in [0.2, 0.25) is 0 Å². The van der Waals surface area contributed by atoms with Crippen molar-refractivity contribution in [1.82, 2.24) is 15.4 Å². The van der Waals surface area contributed by atoms with E-state index >= 15 is 0 Å². The molecule has 144 valence electrons. The van der Waals surface area contributed by atoms with Crippen molar-refractivity contribution < 1.29 is 13.2 Å². The summed E-state index contributed by atoms with van der Waals surface area (Å²) >= 11 is 1.26. The van der Waals surface area contributed by atoms with Gasteiger partial charge in [-0.1, -0.05) is 0 Å². The summed E-state index contributed by atoms with van der Waals surface area (Å²) in [4.78, 5) is 5.11. The first kappa shape index (κ1) is 22.6. The summed E-state index contributed by atoms with van der Waals surface area (Å²) in [5.41, 5.74) is -0.157. The van der Waals surface area contributed by atoms with Gasteiger partial charge in [0.1, 0.15) is 4.21 Å². The average molecular weight is 502 g/mol. The fourth-order valence-corrected chi connectivity index (χ4v) is 4.82. The van der Waals surface area contributed by atoms with Gasteiger partial charge in [-0.15, -0.1) is 35.3 Å². The maximum Gasteiger partial charge on any atom is 0.250 e. The van der Waals surface area contributed by atoms with Gasteiger partial charge in [0.25, 0.3) is 0 Å². The van der Waals surface area contributed by atoms with Crippen molar-refractivity contribution in [2.75, 3.05) is 33.3 Å². The first-order valence-electron chi connectivity index (χ1n) is 7.99. The second-order valence-electron chi connectivity index (χ2n) is 6.02. The van der Waals surface area contributed by atoms with Gasteiger partial charge in [0.05, 0.1) is 5.60 Å². The molecule has 0 amide bonds. The molecule has 0 radical (unpaired) electrons. The Balaban J connectivity index is 0.00000312. The molecule has 1 atom stereocenters. The SMILES string of the molecule is CN=C(NCCNS(=O)(=O)c1ccc(C)s1)NCC1(C)CCCO1.I. The van der Waals surface area contributed by atoms with Crippen molar-refractivity contribution in [3.05, 3.63) is 17.0 Å². The number of guanidine groups is 1. The lowest BCUT2D eigenvalue weighted by Crippen LogP contribution is -2.47. The van der Waals surface area contributed by atoms with Gasteiger partial charge < -0.3 is 15.4 Å². The average Bonchev–Trinajstić information content (AvgIpc) is 3.16. The highest BCUT2D eigenvalue weighted by Crippen LogP contribution is 2.23. The molecule has 0 aromatic carbocycles. The van der Waals surface area contributed by atoms with E-state index in [1.54, 1.807) is 19.2 Å². The molecule has 1 fully saturated rings. The van der Waals surface area contributed by atoms with Crippen LogP contribution in [0.3, 0.4) is 0 Å². The Hall–Kier alpha value is -0.430. The van der Waals surface area contributed by atoms with Crippen LogP contribution in [0.15, 0.2) is 21.3 Å². The van der Waals surface area contributed by atoms with Crippen molar-refractivity contribution in [2.45, 2.75) is 36.5 Å². The van der Waals surface area contributed by atoms with E-state index in [1.165, 1.54) is 11.3 Å². The molecule has 25 heavy (non-hydrogen) atoms. The molecular formula is C15H27IN4O3S2. The molecule has 7 nitrogen and oxygen atoms in total. The fraction of sp³-hybridized carbons (Fsp3) is 0.667. The molecule has 1 aliphatic heterocycles. The predicted octanol–water partition coefficient (Wildman–Crippen LogP) is 1.69. The van der Waals surface area contributed by atoms with Crippen molar-refractivity contribution in [3.63, 3.8) is 0 Å². The monoisotopic (exact) mass is 502 g/mol. The minimum Gasteiger partial charge on any atom is -0.373 e. The number of rotatable bonds is 7. The van der Waals surface area contributed by atoms with E-state index in [-0.39, 0.29) is 36.1 Å². The zero-order valence-electron chi connectivity index (χ0n) is 14.8. The summed E-state index contributed by atoms with van der Waals surface area (Å²) in [5, 5.41) is 6.32. The number of thiophene rings is 1. The maximum atomic E-state index is 12.1. The van der Waals surface area contributed by atoms with Gasteiger partial charge in [-0.05, 0) is 38.8 Å². The summed E-state index contributed by atoms with van der Waals surface area (Å²) in [5.74, 6) is 0.637. The van der Waals surface area contributed by atoms with Gasteiger partial charge in [0.15, 0.2) is 5.96 Å². The molecule has 3 N–H and O–H groups in total. The molecular weight excluding hydrogens is 475 g/mol. The molecule has 1 aliphatic rings. The zero-order valence-corrected chi connectivity index (χ0v) is 18.8. The van der Waals surface area contributed by atoms with Crippen LogP contribution in [-0.2, 0) is 14.8 Å². The topological polar surface area (TPSA) is 91.8 Å². The van der Waals surface area contributed by atoms with E-state index < -0.39 is 10.0 Å². The zero-order chi connectivity index (χ0) is 17.6. The maximum absolute atomic E-state index is 12.1. The van der Waals surface area contributed by atoms with Crippen LogP contribution in [-0.4, -0.2) is 53.3 Å². The van der Waals surface area contributed by atoms with E-state index in [9.17, 15) is 8.42 Å². The number of hydrogen-bond donors (Lipinski definition) is 3. The number of nitrogens with zero attached hydrogens (tertiary/aromatic N) is 1. The summed E-state index contributed by atoms with van der Waals surface area (Å²) in [6.07, 6.45) is 2.10. The lowest BCUT2D eigenvalue weighted by Gasteiger charge is -2.24. The van der Waals surface area contributed by atoms with Gasteiger partial charge in [-0.3, -0.25) is 4.99 Å². The molecule has 1 saturated heterocycles. The molecule has 2 heterocycles. The predicted molar refractivity (Wildman–Crippen MR) is 113 cm³/mol. The highest BCUT2D eigenvalue weighted by atomic mass is 127. The Morgan fingerprint density at radius 1 is 1.36 bits per heavy atom. The highest BCUT2D eigenvalue weighted by molar-refractivity contribution is 14.0. The molecule has 1 unspecified atom stereocenters. The lowest BCUT2D eigenvalue weighted by molar-refractivity contribution is 0.0243. The third-order valence-electron chi connectivity index (χ3n) is 3.84. The van der Waals surface area contributed by atoms with Crippen LogP contribution in [0.5, 0.6) is 0 Å². The van der Waals surface area contributed by atoms with Crippen molar-refractivity contribution >= 4 is 51.3 Å². The number of halogens is 1. The van der Waals surface area contributed by atoms with E-state index in [1.807, 2.05) is 6.92 Å². The summed E-state index contributed by atoms with van der Waals surface area (Å²) in [6, 6.07) is 3.42. The first-order valence-corrected chi connectivity index (χ1v) is 10.3. The van der Waals surface area contributed by atoms with Gasteiger partial charge in [-0.25, -0.2) is 13.1 Å². The summed E-state index contributed by atoms with van der Waals surface area (Å²) in [7, 11) is -1.74. The molecule has 1 aromatic rings. The van der Waals surface area contributed by atoms with Crippen LogP contribution in [0.4, 0.5) is 0 Å². The third kappa shape index (κ3) is 7.00. The quantitative estimate of drug-likeness (QED) is 0.229. The van der Waals surface area contributed by atoms with Crippen molar-refractivity contribution in [2.24, 2.45) is 4.99 Å². The van der Waals surface area contributed by atoms with Crippen molar-refractivity contribution in [1.29, 1.82) is 0 Å². The van der Waals surface area contributed by atoms with E-state index in [2.05, 4.69) is 27.3 Å². The Kier molecular flexibility index (Phi) is 9.09. The highest BCUT2D eigenvalue weighted by Gasteiger charge is 2.29. The normalized spacial score (nSPS) is 21.0. The van der Waals surface area contributed by atoms with E-state index in [0.29, 0.717) is 23.3 Å². The minimum absolute atomic E-state index is 0. The molecule has 0 aliphatic carbocycles. The summed E-state index contributed by atoms with van der Waals surface area (Å²) < 4.78 is 32.9. The first-order chi connectivity index (χ1) is 11.3. The van der Waals surface area contributed by atoms with Gasteiger partial charge in [0.2, 0.25) is 10.0 Å². The second kappa shape index (κ2) is 10.0. The largest absolute Gasteiger partial charge is 0.373 e. The minimum atomic E-state index is -3.43. The summed E-state index contributed by atoms with van der Waals surface area (Å²) in [6.45, 7) is 6.17. The van der Waals surface area contributed by atoms with Crippen LogP contribution in [0.25, 0.3) is 0 Å². The molecule has 10 heteroatoms. The van der Waals surface area contributed by atoms with E-state index in [4.69, 9.17) is 4.74 Å². The fourth-order valence-electron chi connectivity index (χ4n) is 2.46. The van der Waals surface area contributed by atoms with Gasteiger partial charge >= 0.3 is 0 Å². The lowest BCUT2D eigenvalue weighted by atomic mass is 10.0. The number of hydrogen-bond acceptors (Lipinski definition) is 5. The van der Waals surface area contributed by atoms with Crippen LogP contribution in [0, 0.1) is 6.92 Å². The van der Waals surface area contributed by atoms with Gasteiger partial charge in [0, 0.05) is 38.2 Å². The Morgan fingerprint density at radius 3 is 2.68 bits per heavy atom. The van der Waals surface area contributed by atoms with Gasteiger partial charge in [-0.2, -0.15) is 0 Å². The van der Waals surface area contributed by atoms with Crippen LogP contribution < -0.4 is 15.4 Å². The number of sulfonamides is 1. The standard InChI is InChI=1S/C15H26N4O3S2.HI/c1-12-5-6-13(23-12)24(20,21)19-9-8-17-14(16-3)18-11-15(2)7-4-10-22-15;/h5-6,19H,4,7-11H2,1-3H3,(H2,16,17,18);1H. The molecule has 0 spiro atoms. The molecule has 0 saturated carbocycles. The number of aliphatic imine (C=N–C) groups is 1. The Morgan fingerprint density at radius 2 is 2.12 bits per heavy atom. The second-order valence-corrected chi connectivity index (χ2v) is 9.30.